The first-order valence-electron chi connectivity index (χ1n) is 13.4. The van der Waals surface area contributed by atoms with Crippen molar-refractivity contribution in [1.29, 1.82) is 0 Å². The Morgan fingerprint density at radius 3 is 2.67 bits per heavy atom. The summed E-state index contributed by atoms with van der Waals surface area (Å²) in [5.41, 5.74) is 2.18. The van der Waals surface area contributed by atoms with E-state index in [9.17, 15) is 27.6 Å². The molecule has 3 aromatic heterocycles. The molecule has 0 fully saturated rings. The molecule has 1 aliphatic rings. The fraction of sp³-hybridized carbons (Fsp3) is 0.310. The summed E-state index contributed by atoms with van der Waals surface area (Å²) < 4.78 is 41.2. The minimum Gasteiger partial charge on any atom is -0.343 e. The molecule has 2 bridgehead atoms. The van der Waals surface area contributed by atoms with Crippen LogP contribution in [-0.2, 0) is 11.8 Å². The molecule has 2 amide bonds. The summed E-state index contributed by atoms with van der Waals surface area (Å²) in [6.45, 7) is 0.316. The van der Waals surface area contributed by atoms with E-state index in [-0.39, 0.29) is 33.7 Å². The molecule has 5 rings (SSSR count). The first kappa shape index (κ1) is 30.0. The van der Waals surface area contributed by atoms with Crippen molar-refractivity contribution in [3.8, 4) is 22.5 Å². The van der Waals surface area contributed by atoms with Gasteiger partial charge in [0.1, 0.15) is 6.54 Å². The van der Waals surface area contributed by atoms with Crippen molar-refractivity contribution in [2.75, 3.05) is 11.9 Å². The maximum Gasteiger partial charge on any atom is 0.405 e. The van der Waals surface area contributed by atoms with Gasteiger partial charge < -0.3 is 10.6 Å². The van der Waals surface area contributed by atoms with Gasteiger partial charge >= 0.3 is 6.18 Å². The van der Waals surface area contributed by atoms with Gasteiger partial charge in [-0.15, -0.1) is 0 Å². The van der Waals surface area contributed by atoms with E-state index < -0.39 is 30.2 Å². The second-order valence-corrected chi connectivity index (χ2v) is 10.8. The number of hydrogen-bond donors (Lipinski definition) is 2. The Kier molecular flexibility index (Phi) is 8.36. The van der Waals surface area contributed by atoms with E-state index in [2.05, 4.69) is 20.4 Å². The molecule has 14 heteroatoms. The van der Waals surface area contributed by atoms with E-state index in [0.717, 1.165) is 5.56 Å². The minimum atomic E-state index is -4.60. The van der Waals surface area contributed by atoms with Gasteiger partial charge in [0.25, 0.3) is 11.5 Å². The maximum absolute atomic E-state index is 13.6. The third-order valence-electron chi connectivity index (χ3n) is 7.28. The number of anilines is 1. The number of carbonyl (C=O) groups excluding carboxylic acids is 2. The number of halogens is 4. The molecule has 4 aromatic rings. The van der Waals surface area contributed by atoms with Crippen LogP contribution in [0.5, 0.6) is 0 Å². The quantitative estimate of drug-likeness (QED) is 0.334. The zero-order valence-electron chi connectivity index (χ0n) is 23.2. The molecule has 0 spiro atoms. The van der Waals surface area contributed by atoms with Gasteiger partial charge in [-0.1, -0.05) is 24.9 Å². The molecule has 1 aromatic carbocycles. The van der Waals surface area contributed by atoms with Crippen molar-refractivity contribution in [2.45, 2.75) is 38.4 Å². The molecule has 0 radical (unpaired) electrons. The zero-order chi connectivity index (χ0) is 30.9. The highest BCUT2D eigenvalue weighted by molar-refractivity contribution is 6.31. The average molecular weight is 614 g/mol. The molecule has 0 saturated heterocycles. The third-order valence-corrected chi connectivity index (χ3v) is 7.51. The standard InChI is InChI=1S/C29H27ClF3N7O3/c1-16-4-3-5-24(22-10-17(8-9-34-22)26-23(38-27(16)42)13-37-39(26)2)40-15-36-21(12-25(40)41)20-11-18(30)6-7-19(20)28(43)35-14-29(31,32)33/h6-13,15-16,24H,3-5,14H2,1-2H3,(H,35,43)(H,38,42)/t16-,24+/m1/s1. The number of nitrogens with one attached hydrogen (secondary N) is 2. The van der Waals surface area contributed by atoms with Gasteiger partial charge in [-0.3, -0.25) is 28.6 Å². The Balaban J connectivity index is 1.55. The topological polar surface area (TPSA) is 124 Å². The van der Waals surface area contributed by atoms with Gasteiger partial charge in [0, 0.05) is 46.9 Å². The van der Waals surface area contributed by atoms with Gasteiger partial charge in [-0.2, -0.15) is 18.3 Å². The number of rotatable bonds is 4. The molecule has 0 aliphatic carbocycles. The monoisotopic (exact) mass is 613 g/mol. The lowest BCUT2D eigenvalue weighted by atomic mass is 9.97. The lowest BCUT2D eigenvalue weighted by Gasteiger charge is -2.22. The SMILES string of the molecule is C[C@@H]1CCC[C@H](n2cnc(-c3cc(Cl)ccc3C(=O)NCC(F)(F)F)cc2=O)c2cc(ccn2)-c2c(cnn2C)NC1=O. The molecule has 0 unspecified atom stereocenters. The Labute approximate surface area is 248 Å². The van der Waals surface area contributed by atoms with Crippen LogP contribution in [0, 0.1) is 5.92 Å². The lowest BCUT2D eigenvalue weighted by Crippen LogP contribution is -2.34. The minimum absolute atomic E-state index is 0.0700. The van der Waals surface area contributed by atoms with E-state index in [1.54, 1.807) is 30.2 Å². The number of pyridine rings is 1. The Bertz CT molecular complexity index is 1750. The first-order valence-corrected chi connectivity index (χ1v) is 13.8. The molecule has 2 N–H and O–H groups in total. The van der Waals surface area contributed by atoms with Crippen LogP contribution in [0.25, 0.3) is 22.5 Å². The van der Waals surface area contributed by atoms with Crippen LogP contribution in [0.15, 0.2) is 59.9 Å². The van der Waals surface area contributed by atoms with Crippen LogP contribution in [0.1, 0.15) is 48.3 Å². The second-order valence-electron chi connectivity index (χ2n) is 10.3. The van der Waals surface area contributed by atoms with Crippen molar-refractivity contribution in [2.24, 2.45) is 13.0 Å². The summed E-state index contributed by atoms with van der Waals surface area (Å²) in [5.74, 6) is -1.43. The molecule has 4 heterocycles. The van der Waals surface area contributed by atoms with Gasteiger partial charge in [-0.05, 0) is 43.2 Å². The van der Waals surface area contributed by atoms with Crippen LogP contribution < -0.4 is 16.2 Å². The van der Waals surface area contributed by atoms with Crippen molar-refractivity contribution in [1.82, 2.24) is 29.6 Å². The summed E-state index contributed by atoms with van der Waals surface area (Å²) in [6, 6.07) is 8.31. The van der Waals surface area contributed by atoms with Crippen molar-refractivity contribution in [3.05, 3.63) is 81.8 Å². The number of benzene rings is 1. The van der Waals surface area contributed by atoms with Crippen LogP contribution in [0.3, 0.4) is 0 Å². The van der Waals surface area contributed by atoms with Gasteiger partial charge in [0.05, 0.1) is 41.3 Å². The number of aryl methyl sites for hydroxylation is 1. The Morgan fingerprint density at radius 1 is 1.14 bits per heavy atom. The van der Waals surface area contributed by atoms with Gasteiger partial charge in [0.15, 0.2) is 0 Å². The predicted molar refractivity (Wildman–Crippen MR) is 154 cm³/mol. The lowest BCUT2D eigenvalue weighted by molar-refractivity contribution is -0.123. The maximum atomic E-state index is 13.6. The van der Waals surface area contributed by atoms with E-state index in [0.29, 0.717) is 36.3 Å². The first-order chi connectivity index (χ1) is 20.4. The average Bonchev–Trinajstić information content (AvgIpc) is 3.32. The number of amides is 2. The van der Waals surface area contributed by atoms with Crippen molar-refractivity contribution < 1.29 is 22.8 Å². The number of carbonyl (C=O) groups is 2. The zero-order valence-corrected chi connectivity index (χ0v) is 23.9. The molecule has 43 heavy (non-hydrogen) atoms. The highest BCUT2D eigenvalue weighted by atomic mass is 35.5. The van der Waals surface area contributed by atoms with Gasteiger partial charge in [0.2, 0.25) is 5.91 Å². The van der Waals surface area contributed by atoms with E-state index in [1.165, 1.54) is 35.2 Å². The van der Waals surface area contributed by atoms with Crippen molar-refractivity contribution >= 4 is 29.1 Å². The number of alkyl halides is 3. The van der Waals surface area contributed by atoms with Crippen molar-refractivity contribution in [3.63, 3.8) is 0 Å². The Morgan fingerprint density at radius 2 is 1.93 bits per heavy atom. The normalized spacial score (nSPS) is 17.3. The van der Waals surface area contributed by atoms with Crippen LogP contribution in [0.4, 0.5) is 18.9 Å². The number of fused-ring (bicyclic) bond motifs is 4. The highest BCUT2D eigenvalue weighted by Gasteiger charge is 2.29. The smallest absolute Gasteiger partial charge is 0.343 e. The molecule has 10 nitrogen and oxygen atoms in total. The molecule has 224 valence electrons. The molecular formula is C29H27ClF3N7O3. The van der Waals surface area contributed by atoms with Crippen LogP contribution in [0.2, 0.25) is 5.02 Å². The summed E-state index contributed by atoms with van der Waals surface area (Å²) in [4.78, 5) is 48.0. The van der Waals surface area contributed by atoms with E-state index in [1.807, 2.05) is 18.3 Å². The molecule has 2 atom stereocenters. The fourth-order valence-corrected chi connectivity index (χ4v) is 5.25. The highest BCUT2D eigenvalue weighted by Crippen LogP contribution is 2.33. The van der Waals surface area contributed by atoms with Crippen LogP contribution >= 0.6 is 11.6 Å². The summed E-state index contributed by atoms with van der Waals surface area (Å²) in [5, 5.41) is 9.31. The summed E-state index contributed by atoms with van der Waals surface area (Å²) in [6.07, 6.45) is 1.55. The number of hydrogen-bond acceptors (Lipinski definition) is 6. The molecular weight excluding hydrogens is 587 g/mol. The molecule has 1 aliphatic heterocycles. The number of aromatic nitrogens is 5. The van der Waals surface area contributed by atoms with E-state index >= 15 is 0 Å². The number of nitrogens with zero attached hydrogens (tertiary/aromatic N) is 5. The summed E-state index contributed by atoms with van der Waals surface area (Å²) in [7, 11) is 1.76. The molecule has 0 saturated carbocycles. The van der Waals surface area contributed by atoms with Gasteiger partial charge in [-0.25, -0.2) is 4.98 Å². The predicted octanol–water partition coefficient (Wildman–Crippen LogP) is 5.00. The van der Waals surface area contributed by atoms with E-state index in [4.69, 9.17) is 11.6 Å². The third kappa shape index (κ3) is 6.61. The second kappa shape index (κ2) is 12.0. The Hall–Kier alpha value is -4.52. The largest absolute Gasteiger partial charge is 0.405 e. The fourth-order valence-electron chi connectivity index (χ4n) is 5.08. The summed E-state index contributed by atoms with van der Waals surface area (Å²) >= 11 is 6.13. The van der Waals surface area contributed by atoms with Crippen LogP contribution in [-0.4, -0.2) is 48.9 Å².